The Morgan fingerprint density at radius 1 is 1.17 bits per heavy atom. The Bertz CT molecular complexity index is 578. The largest absolute Gasteiger partial charge is 0.496 e. The van der Waals surface area contributed by atoms with Crippen LogP contribution in [0.25, 0.3) is 12.2 Å². The fraction of sp³-hybridized carbons (Fsp3) is 0.133. The molecule has 3 heteroatoms. The SMILES string of the molecule is COc1ccc(Br)cc1/C=C/c1cccc[n+]1C. The maximum absolute atomic E-state index is 5.34. The minimum Gasteiger partial charge on any atom is -0.496 e. The first kappa shape index (κ1) is 12.8. The van der Waals surface area contributed by atoms with E-state index in [1.54, 1.807) is 7.11 Å². The molecule has 0 aliphatic heterocycles. The normalized spacial score (nSPS) is 10.8. The third-order valence-corrected chi connectivity index (χ3v) is 3.21. The molecule has 1 aromatic carbocycles. The van der Waals surface area contributed by atoms with Gasteiger partial charge in [-0.25, -0.2) is 4.57 Å². The van der Waals surface area contributed by atoms with E-state index in [0.29, 0.717) is 0 Å². The summed E-state index contributed by atoms with van der Waals surface area (Å²) < 4.78 is 8.45. The van der Waals surface area contributed by atoms with E-state index in [1.165, 1.54) is 0 Å². The van der Waals surface area contributed by atoms with Crippen LogP contribution in [-0.2, 0) is 7.05 Å². The van der Waals surface area contributed by atoms with E-state index in [1.807, 2.05) is 43.6 Å². The Hall–Kier alpha value is -1.61. The minimum absolute atomic E-state index is 0.869. The Morgan fingerprint density at radius 2 is 2.00 bits per heavy atom. The van der Waals surface area contributed by atoms with E-state index in [4.69, 9.17) is 4.74 Å². The topological polar surface area (TPSA) is 13.1 Å². The Labute approximate surface area is 116 Å². The minimum atomic E-state index is 0.869. The number of nitrogens with zero attached hydrogens (tertiary/aromatic N) is 1. The molecule has 0 fully saturated rings. The van der Waals surface area contributed by atoms with Crippen molar-refractivity contribution in [3.8, 4) is 5.75 Å². The number of rotatable bonds is 3. The van der Waals surface area contributed by atoms with Gasteiger partial charge in [0.1, 0.15) is 12.8 Å². The summed E-state index contributed by atoms with van der Waals surface area (Å²) in [5.74, 6) is 0.869. The molecular weight excluding hydrogens is 290 g/mol. The molecule has 2 nitrogen and oxygen atoms in total. The van der Waals surface area contributed by atoms with Crippen molar-refractivity contribution < 1.29 is 9.30 Å². The van der Waals surface area contributed by atoms with Gasteiger partial charge in [0.15, 0.2) is 6.20 Å². The highest BCUT2D eigenvalue weighted by Gasteiger charge is 2.02. The molecule has 1 heterocycles. The molecule has 2 rings (SSSR count). The zero-order valence-electron chi connectivity index (χ0n) is 10.4. The van der Waals surface area contributed by atoms with Gasteiger partial charge in [0.2, 0.25) is 5.69 Å². The second-order valence-electron chi connectivity index (χ2n) is 3.96. The zero-order valence-corrected chi connectivity index (χ0v) is 12.0. The van der Waals surface area contributed by atoms with Crippen LogP contribution >= 0.6 is 15.9 Å². The molecule has 0 atom stereocenters. The van der Waals surface area contributed by atoms with Gasteiger partial charge in [-0.2, -0.15) is 0 Å². The average molecular weight is 305 g/mol. The lowest BCUT2D eigenvalue weighted by atomic mass is 10.1. The molecule has 1 aromatic heterocycles. The number of halogens is 1. The van der Waals surface area contributed by atoms with Crippen molar-refractivity contribution in [2.75, 3.05) is 7.11 Å². The lowest BCUT2D eigenvalue weighted by Gasteiger charge is -2.04. The Kier molecular flexibility index (Phi) is 4.15. The van der Waals surface area contributed by atoms with E-state index in [-0.39, 0.29) is 0 Å². The average Bonchev–Trinajstić information content (AvgIpc) is 2.38. The van der Waals surface area contributed by atoms with Crippen molar-refractivity contribution in [2.24, 2.45) is 7.05 Å². The van der Waals surface area contributed by atoms with Crippen molar-refractivity contribution in [3.63, 3.8) is 0 Å². The molecule has 0 amide bonds. The van der Waals surface area contributed by atoms with Gasteiger partial charge < -0.3 is 4.74 Å². The molecule has 0 N–H and O–H groups in total. The summed E-state index contributed by atoms with van der Waals surface area (Å²) in [6.45, 7) is 0. The van der Waals surface area contributed by atoms with E-state index >= 15 is 0 Å². The first-order valence-corrected chi connectivity index (χ1v) is 6.46. The van der Waals surface area contributed by atoms with Crippen LogP contribution in [0.3, 0.4) is 0 Å². The molecule has 2 aromatic rings. The van der Waals surface area contributed by atoms with Crippen LogP contribution in [0.2, 0.25) is 0 Å². The summed E-state index contributed by atoms with van der Waals surface area (Å²) in [6.07, 6.45) is 6.15. The number of aromatic nitrogens is 1. The Morgan fingerprint density at radius 3 is 2.72 bits per heavy atom. The van der Waals surface area contributed by atoms with Crippen LogP contribution < -0.4 is 9.30 Å². The molecule has 0 radical (unpaired) electrons. The summed E-state index contributed by atoms with van der Waals surface area (Å²) in [5, 5.41) is 0. The molecular formula is C15H15BrNO+. The standard InChI is InChI=1S/C15H15BrNO/c1-17-10-4-3-5-14(17)8-6-12-11-13(16)7-9-15(12)18-2/h3-11H,1-2H3/q+1/b8-6+. The number of pyridine rings is 1. The van der Waals surface area contributed by atoms with Gasteiger partial charge in [-0.15, -0.1) is 0 Å². The third-order valence-electron chi connectivity index (χ3n) is 2.72. The molecule has 92 valence electrons. The smallest absolute Gasteiger partial charge is 0.204 e. The van der Waals surface area contributed by atoms with Gasteiger partial charge in [-0.05, 0) is 30.3 Å². The van der Waals surface area contributed by atoms with E-state index < -0.39 is 0 Å². The fourth-order valence-corrected chi connectivity index (χ4v) is 2.10. The highest BCUT2D eigenvalue weighted by molar-refractivity contribution is 9.10. The van der Waals surface area contributed by atoms with Gasteiger partial charge in [-0.3, -0.25) is 0 Å². The number of hydrogen-bond acceptors (Lipinski definition) is 1. The van der Waals surface area contributed by atoms with Gasteiger partial charge in [-0.1, -0.05) is 15.9 Å². The number of hydrogen-bond donors (Lipinski definition) is 0. The van der Waals surface area contributed by atoms with Gasteiger partial charge in [0, 0.05) is 28.2 Å². The zero-order chi connectivity index (χ0) is 13.0. The maximum atomic E-state index is 5.34. The van der Waals surface area contributed by atoms with Crippen molar-refractivity contribution in [1.82, 2.24) is 0 Å². The lowest BCUT2D eigenvalue weighted by Crippen LogP contribution is -2.30. The highest BCUT2D eigenvalue weighted by atomic mass is 79.9. The van der Waals surface area contributed by atoms with Crippen LogP contribution in [0, 0.1) is 0 Å². The van der Waals surface area contributed by atoms with Crippen LogP contribution in [-0.4, -0.2) is 7.11 Å². The second kappa shape index (κ2) is 5.83. The predicted molar refractivity (Wildman–Crippen MR) is 77.2 cm³/mol. The van der Waals surface area contributed by atoms with E-state index in [9.17, 15) is 0 Å². The monoisotopic (exact) mass is 304 g/mol. The lowest BCUT2D eigenvalue weighted by molar-refractivity contribution is -0.673. The summed E-state index contributed by atoms with van der Waals surface area (Å²) in [6, 6.07) is 12.1. The molecule has 0 aliphatic rings. The van der Waals surface area contributed by atoms with E-state index in [0.717, 1.165) is 21.5 Å². The second-order valence-corrected chi connectivity index (χ2v) is 4.87. The van der Waals surface area contributed by atoms with E-state index in [2.05, 4.69) is 38.7 Å². The van der Waals surface area contributed by atoms with Crippen molar-refractivity contribution >= 4 is 28.1 Å². The quantitative estimate of drug-likeness (QED) is 0.792. The summed E-state index contributed by atoms with van der Waals surface area (Å²) in [4.78, 5) is 0. The van der Waals surface area contributed by atoms with Crippen LogP contribution in [0.5, 0.6) is 5.75 Å². The highest BCUT2D eigenvalue weighted by Crippen LogP contribution is 2.24. The molecule has 0 bridgehead atoms. The van der Waals surface area contributed by atoms with Crippen molar-refractivity contribution in [1.29, 1.82) is 0 Å². The first-order chi connectivity index (χ1) is 8.70. The van der Waals surface area contributed by atoms with Crippen molar-refractivity contribution in [3.05, 3.63) is 58.3 Å². The number of benzene rings is 1. The number of methoxy groups -OCH3 is 1. The molecule has 0 saturated carbocycles. The molecule has 0 spiro atoms. The van der Waals surface area contributed by atoms with Crippen LogP contribution in [0.4, 0.5) is 0 Å². The summed E-state index contributed by atoms with van der Waals surface area (Å²) in [5.41, 5.74) is 2.19. The Balaban J connectivity index is 2.34. The molecule has 0 aliphatic carbocycles. The first-order valence-electron chi connectivity index (χ1n) is 5.67. The molecule has 0 unspecified atom stereocenters. The summed E-state index contributed by atoms with van der Waals surface area (Å²) in [7, 11) is 3.71. The van der Waals surface area contributed by atoms with Crippen LogP contribution in [0.15, 0.2) is 47.1 Å². The summed E-state index contributed by atoms with van der Waals surface area (Å²) >= 11 is 3.47. The van der Waals surface area contributed by atoms with Gasteiger partial charge >= 0.3 is 0 Å². The third kappa shape index (κ3) is 2.99. The fourth-order valence-electron chi connectivity index (χ4n) is 1.72. The maximum Gasteiger partial charge on any atom is 0.204 e. The molecule has 18 heavy (non-hydrogen) atoms. The number of ether oxygens (including phenoxy) is 1. The van der Waals surface area contributed by atoms with Gasteiger partial charge in [0.05, 0.1) is 7.11 Å². The molecule has 0 saturated heterocycles. The van der Waals surface area contributed by atoms with Crippen LogP contribution in [0.1, 0.15) is 11.3 Å². The van der Waals surface area contributed by atoms with Crippen molar-refractivity contribution in [2.45, 2.75) is 0 Å². The van der Waals surface area contributed by atoms with Gasteiger partial charge in [0.25, 0.3) is 0 Å². The number of aryl methyl sites for hydroxylation is 1. The predicted octanol–water partition coefficient (Wildman–Crippen LogP) is 3.45.